The van der Waals surface area contributed by atoms with Crippen LogP contribution in [-0.2, 0) is 6.42 Å². The highest BCUT2D eigenvalue weighted by Gasteiger charge is 2.13. The summed E-state index contributed by atoms with van der Waals surface area (Å²) in [5, 5.41) is 4.61. The van der Waals surface area contributed by atoms with Crippen LogP contribution in [0.1, 0.15) is 41.9 Å². The molecule has 0 radical (unpaired) electrons. The molecule has 18 heavy (non-hydrogen) atoms. The smallest absolute Gasteiger partial charge is 0.0596 e. The van der Waals surface area contributed by atoms with Crippen molar-refractivity contribution in [2.45, 2.75) is 46.6 Å². The van der Waals surface area contributed by atoms with Crippen LogP contribution in [0.4, 0.5) is 0 Å². The Kier molecular flexibility index (Phi) is 3.85. The van der Waals surface area contributed by atoms with Gasteiger partial charge in [-0.15, -0.1) is 0 Å². The summed E-state index contributed by atoms with van der Waals surface area (Å²) >= 11 is 0. The van der Waals surface area contributed by atoms with Crippen molar-refractivity contribution in [3.8, 4) is 0 Å². The van der Waals surface area contributed by atoms with Gasteiger partial charge in [0.05, 0.1) is 11.7 Å². The molecule has 1 aromatic heterocycles. The normalized spacial score (nSPS) is 12.7. The first-order chi connectivity index (χ1) is 8.60. The maximum Gasteiger partial charge on any atom is 0.0596 e. The van der Waals surface area contributed by atoms with E-state index in [0.29, 0.717) is 6.04 Å². The fourth-order valence-electron chi connectivity index (χ4n) is 2.42. The number of rotatable bonds is 4. The highest BCUT2D eigenvalue weighted by molar-refractivity contribution is 5.22. The van der Waals surface area contributed by atoms with E-state index in [1.807, 2.05) is 0 Å². The molecule has 1 aromatic carbocycles. The van der Waals surface area contributed by atoms with E-state index in [0.717, 1.165) is 18.5 Å². The van der Waals surface area contributed by atoms with Gasteiger partial charge in [0.1, 0.15) is 0 Å². The number of nitrogens with zero attached hydrogens (tertiary/aromatic N) is 2. The minimum atomic E-state index is 0.460. The predicted octanol–water partition coefficient (Wildman–Crippen LogP) is 4.00. The monoisotopic (exact) mass is 242 g/mol. The molecule has 0 aliphatic carbocycles. The van der Waals surface area contributed by atoms with E-state index in [-0.39, 0.29) is 0 Å². The number of benzene rings is 1. The second-order valence-corrected chi connectivity index (χ2v) is 5.12. The SMILES string of the molecule is CCC(Cc1ccc(C)cc1)n1nc(C)cc1C. The molecule has 0 aliphatic heterocycles. The lowest BCUT2D eigenvalue weighted by molar-refractivity contribution is 0.427. The molecular formula is C16H22N2. The van der Waals surface area contributed by atoms with Gasteiger partial charge >= 0.3 is 0 Å². The average molecular weight is 242 g/mol. The van der Waals surface area contributed by atoms with E-state index in [1.54, 1.807) is 0 Å². The van der Waals surface area contributed by atoms with Crippen LogP contribution in [0, 0.1) is 20.8 Å². The summed E-state index contributed by atoms with van der Waals surface area (Å²) in [6, 6.07) is 11.4. The Morgan fingerprint density at radius 2 is 1.78 bits per heavy atom. The molecule has 96 valence electrons. The van der Waals surface area contributed by atoms with Crippen LogP contribution < -0.4 is 0 Å². The molecule has 1 atom stereocenters. The van der Waals surface area contributed by atoms with Crippen molar-refractivity contribution >= 4 is 0 Å². The van der Waals surface area contributed by atoms with E-state index >= 15 is 0 Å². The third kappa shape index (κ3) is 2.81. The average Bonchev–Trinajstić information content (AvgIpc) is 2.68. The topological polar surface area (TPSA) is 17.8 Å². The van der Waals surface area contributed by atoms with Crippen molar-refractivity contribution in [1.29, 1.82) is 0 Å². The molecule has 2 aromatic rings. The Morgan fingerprint density at radius 3 is 2.28 bits per heavy atom. The molecule has 0 N–H and O–H groups in total. The molecule has 2 heteroatoms. The summed E-state index contributed by atoms with van der Waals surface area (Å²) in [6.45, 7) is 8.55. The molecule has 1 heterocycles. The number of aryl methyl sites for hydroxylation is 3. The Bertz CT molecular complexity index is 508. The van der Waals surface area contributed by atoms with Gasteiger partial charge in [0.25, 0.3) is 0 Å². The van der Waals surface area contributed by atoms with Crippen LogP contribution >= 0.6 is 0 Å². The van der Waals surface area contributed by atoms with Gasteiger partial charge in [-0.05, 0) is 45.2 Å². The standard InChI is InChI=1S/C16H22N2/c1-5-16(18-14(4)10-13(3)17-18)11-15-8-6-12(2)7-9-15/h6-10,16H,5,11H2,1-4H3. The summed E-state index contributed by atoms with van der Waals surface area (Å²) < 4.78 is 2.18. The zero-order valence-electron chi connectivity index (χ0n) is 11.8. The molecular weight excluding hydrogens is 220 g/mol. The van der Waals surface area contributed by atoms with Crippen LogP contribution in [0.25, 0.3) is 0 Å². The minimum absolute atomic E-state index is 0.460. The molecule has 0 saturated heterocycles. The Morgan fingerprint density at radius 1 is 1.11 bits per heavy atom. The molecule has 0 spiro atoms. The van der Waals surface area contributed by atoms with E-state index in [1.165, 1.54) is 16.8 Å². The zero-order valence-corrected chi connectivity index (χ0v) is 11.8. The van der Waals surface area contributed by atoms with Crippen molar-refractivity contribution in [2.75, 3.05) is 0 Å². The van der Waals surface area contributed by atoms with E-state index in [2.05, 4.69) is 67.8 Å². The van der Waals surface area contributed by atoms with Crippen LogP contribution in [-0.4, -0.2) is 9.78 Å². The van der Waals surface area contributed by atoms with Gasteiger partial charge in [0, 0.05) is 5.69 Å². The van der Waals surface area contributed by atoms with Crippen molar-refractivity contribution in [1.82, 2.24) is 9.78 Å². The van der Waals surface area contributed by atoms with Crippen molar-refractivity contribution in [3.63, 3.8) is 0 Å². The molecule has 2 nitrogen and oxygen atoms in total. The number of hydrogen-bond donors (Lipinski definition) is 0. The number of hydrogen-bond acceptors (Lipinski definition) is 1. The largest absolute Gasteiger partial charge is 0.266 e. The van der Waals surface area contributed by atoms with E-state index in [4.69, 9.17) is 0 Å². The Labute approximate surface area is 110 Å². The van der Waals surface area contributed by atoms with Gasteiger partial charge in [-0.25, -0.2) is 0 Å². The summed E-state index contributed by atoms with van der Waals surface area (Å²) in [5.41, 5.74) is 5.07. The third-order valence-electron chi connectivity index (χ3n) is 3.45. The van der Waals surface area contributed by atoms with E-state index < -0.39 is 0 Å². The van der Waals surface area contributed by atoms with Crippen LogP contribution in [0.5, 0.6) is 0 Å². The highest BCUT2D eigenvalue weighted by atomic mass is 15.3. The maximum absolute atomic E-state index is 4.61. The predicted molar refractivity (Wildman–Crippen MR) is 75.9 cm³/mol. The third-order valence-corrected chi connectivity index (χ3v) is 3.45. The fraction of sp³-hybridized carbons (Fsp3) is 0.438. The molecule has 2 rings (SSSR count). The van der Waals surface area contributed by atoms with Crippen LogP contribution in [0.3, 0.4) is 0 Å². The lowest BCUT2D eigenvalue weighted by Crippen LogP contribution is -2.14. The van der Waals surface area contributed by atoms with Gasteiger partial charge in [0.2, 0.25) is 0 Å². The lowest BCUT2D eigenvalue weighted by atomic mass is 10.0. The molecule has 0 amide bonds. The summed E-state index contributed by atoms with van der Waals surface area (Å²) in [7, 11) is 0. The van der Waals surface area contributed by atoms with Gasteiger partial charge in [-0.2, -0.15) is 5.10 Å². The minimum Gasteiger partial charge on any atom is -0.266 e. The highest BCUT2D eigenvalue weighted by Crippen LogP contribution is 2.20. The van der Waals surface area contributed by atoms with Crippen molar-refractivity contribution in [2.24, 2.45) is 0 Å². The quantitative estimate of drug-likeness (QED) is 0.792. The van der Waals surface area contributed by atoms with Crippen molar-refractivity contribution < 1.29 is 0 Å². The fourth-order valence-corrected chi connectivity index (χ4v) is 2.42. The first kappa shape index (κ1) is 12.9. The molecule has 0 fully saturated rings. The van der Waals surface area contributed by atoms with Gasteiger partial charge < -0.3 is 0 Å². The summed E-state index contributed by atoms with van der Waals surface area (Å²) in [4.78, 5) is 0. The number of aromatic nitrogens is 2. The first-order valence-electron chi connectivity index (χ1n) is 6.68. The second kappa shape index (κ2) is 5.38. The molecule has 0 saturated carbocycles. The lowest BCUT2D eigenvalue weighted by Gasteiger charge is -2.17. The van der Waals surface area contributed by atoms with Gasteiger partial charge in [-0.1, -0.05) is 36.8 Å². The van der Waals surface area contributed by atoms with Gasteiger partial charge in [0.15, 0.2) is 0 Å². The molecule has 0 bridgehead atoms. The zero-order chi connectivity index (χ0) is 13.1. The Hall–Kier alpha value is -1.57. The second-order valence-electron chi connectivity index (χ2n) is 5.12. The summed E-state index contributed by atoms with van der Waals surface area (Å²) in [5.74, 6) is 0. The van der Waals surface area contributed by atoms with Gasteiger partial charge in [-0.3, -0.25) is 4.68 Å². The van der Waals surface area contributed by atoms with Crippen LogP contribution in [0.2, 0.25) is 0 Å². The van der Waals surface area contributed by atoms with Crippen molar-refractivity contribution in [3.05, 3.63) is 52.8 Å². The summed E-state index contributed by atoms with van der Waals surface area (Å²) in [6.07, 6.45) is 2.16. The Balaban J connectivity index is 2.19. The molecule has 1 unspecified atom stereocenters. The first-order valence-corrected chi connectivity index (χ1v) is 6.68. The van der Waals surface area contributed by atoms with E-state index in [9.17, 15) is 0 Å². The maximum atomic E-state index is 4.61. The molecule has 0 aliphatic rings. The van der Waals surface area contributed by atoms with Crippen LogP contribution in [0.15, 0.2) is 30.3 Å².